The summed E-state index contributed by atoms with van der Waals surface area (Å²) in [7, 11) is 0. The molecule has 0 aromatic heterocycles. The smallest absolute Gasteiger partial charge is 0.238 e. The van der Waals surface area contributed by atoms with Crippen LogP contribution in [0.3, 0.4) is 0 Å². The van der Waals surface area contributed by atoms with Crippen molar-refractivity contribution in [2.75, 3.05) is 38.0 Å². The Hall–Kier alpha value is -1.11. The molecule has 0 unspecified atom stereocenters. The predicted octanol–water partition coefficient (Wildman–Crippen LogP) is 4.51. The Bertz CT molecular complexity index is 762. The number of hydrogen-bond donors (Lipinski definition) is 1. The highest BCUT2D eigenvalue weighted by Gasteiger charge is 2.19. The third-order valence-corrected chi connectivity index (χ3v) is 5.41. The lowest BCUT2D eigenvalue weighted by molar-refractivity contribution is -0.117. The number of nitrogens with one attached hydrogen (secondary N) is 1. The van der Waals surface area contributed by atoms with E-state index in [1.54, 1.807) is 12.1 Å². The molecule has 0 aliphatic carbocycles. The summed E-state index contributed by atoms with van der Waals surface area (Å²) in [4.78, 5) is 16.8. The third-order valence-electron chi connectivity index (χ3n) is 4.36. The Morgan fingerprint density at radius 2 is 1.65 bits per heavy atom. The van der Waals surface area contributed by atoms with E-state index in [0.29, 0.717) is 17.3 Å². The van der Waals surface area contributed by atoms with Crippen molar-refractivity contribution in [1.29, 1.82) is 0 Å². The number of anilines is 1. The van der Waals surface area contributed by atoms with Crippen molar-refractivity contribution in [3.05, 3.63) is 62.5 Å². The summed E-state index contributed by atoms with van der Waals surface area (Å²) in [6.07, 6.45) is 0. The second kappa shape index (κ2) is 9.20. The molecule has 0 bridgehead atoms. The minimum atomic E-state index is -0.0413. The number of carbonyl (C=O) groups excluding carboxylic acids is 1. The van der Waals surface area contributed by atoms with Gasteiger partial charge in [-0.3, -0.25) is 14.6 Å². The molecule has 4 nitrogen and oxygen atoms in total. The number of amides is 1. The number of hydrogen-bond acceptors (Lipinski definition) is 3. The summed E-state index contributed by atoms with van der Waals surface area (Å²) in [5.41, 5.74) is 1.90. The van der Waals surface area contributed by atoms with Crippen molar-refractivity contribution in [1.82, 2.24) is 9.80 Å². The molecule has 138 valence electrons. The van der Waals surface area contributed by atoms with Gasteiger partial charge < -0.3 is 5.32 Å². The Kier molecular flexibility index (Phi) is 6.95. The topological polar surface area (TPSA) is 35.6 Å². The van der Waals surface area contributed by atoms with Crippen LogP contribution in [0.25, 0.3) is 0 Å². The van der Waals surface area contributed by atoms with E-state index in [2.05, 4.69) is 43.2 Å². The molecular formula is C19H20BrCl2N3O. The molecule has 0 saturated carbocycles. The zero-order chi connectivity index (χ0) is 18.5. The van der Waals surface area contributed by atoms with Crippen LogP contribution in [0.15, 0.2) is 46.9 Å². The molecule has 1 aliphatic rings. The minimum Gasteiger partial charge on any atom is -0.324 e. The Morgan fingerprint density at radius 3 is 2.31 bits per heavy atom. The van der Waals surface area contributed by atoms with E-state index in [-0.39, 0.29) is 5.91 Å². The maximum absolute atomic E-state index is 12.3. The van der Waals surface area contributed by atoms with Gasteiger partial charge in [-0.2, -0.15) is 0 Å². The number of halogens is 3. The van der Waals surface area contributed by atoms with Crippen LogP contribution in [0.2, 0.25) is 10.0 Å². The Balaban J connectivity index is 1.44. The highest BCUT2D eigenvalue weighted by atomic mass is 79.9. The zero-order valence-electron chi connectivity index (χ0n) is 14.2. The van der Waals surface area contributed by atoms with E-state index in [1.165, 1.54) is 5.56 Å². The number of nitrogens with zero attached hydrogens (tertiary/aromatic N) is 2. The molecule has 2 aromatic rings. The molecule has 0 spiro atoms. The van der Waals surface area contributed by atoms with E-state index in [1.807, 2.05) is 18.2 Å². The summed E-state index contributed by atoms with van der Waals surface area (Å²) in [6.45, 7) is 4.90. The van der Waals surface area contributed by atoms with Crippen LogP contribution >= 0.6 is 39.1 Å². The first-order valence-corrected chi connectivity index (χ1v) is 9.98. The van der Waals surface area contributed by atoms with Crippen molar-refractivity contribution in [2.45, 2.75) is 6.54 Å². The molecule has 2 aromatic carbocycles. The lowest BCUT2D eigenvalue weighted by Crippen LogP contribution is -2.48. The number of carbonyl (C=O) groups is 1. The Morgan fingerprint density at radius 1 is 1.00 bits per heavy atom. The number of piperazine rings is 1. The van der Waals surface area contributed by atoms with Gasteiger partial charge in [-0.05, 0) is 35.9 Å². The van der Waals surface area contributed by atoms with Crippen molar-refractivity contribution in [3.8, 4) is 0 Å². The fourth-order valence-corrected chi connectivity index (χ4v) is 3.78. The van der Waals surface area contributed by atoms with Gasteiger partial charge in [-0.1, -0.05) is 51.3 Å². The third kappa shape index (κ3) is 5.69. The van der Waals surface area contributed by atoms with Gasteiger partial charge in [0.05, 0.1) is 17.3 Å². The first-order valence-electron chi connectivity index (χ1n) is 8.43. The minimum absolute atomic E-state index is 0.0413. The summed E-state index contributed by atoms with van der Waals surface area (Å²) >= 11 is 15.4. The van der Waals surface area contributed by atoms with E-state index >= 15 is 0 Å². The van der Waals surface area contributed by atoms with Gasteiger partial charge in [0.2, 0.25) is 5.91 Å². The monoisotopic (exact) mass is 455 g/mol. The van der Waals surface area contributed by atoms with Crippen LogP contribution in [0, 0.1) is 0 Å². The summed E-state index contributed by atoms with van der Waals surface area (Å²) in [6, 6.07) is 13.4. The average Bonchev–Trinajstić information content (AvgIpc) is 2.61. The van der Waals surface area contributed by atoms with Crippen LogP contribution in [0.1, 0.15) is 5.56 Å². The van der Waals surface area contributed by atoms with E-state index in [9.17, 15) is 4.79 Å². The van der Waals surface area contributed by atoms with Crippen molar-refractivity contribution in [3.63, 3.8) is 0 Å². The first-order chi connectivity index (χ1) is 12.5. The lowest BCUT2D eigenvalue weighted by atomic mass is 10.2. The van der Waals surface area contributed by atoms with Gasteiger partial charge in [-0.25, -0.2) is 0 Å². The predicted molar refractivity (Wildman–Crippen MR) is 111 cm³/mol. The molecule has 7 heteroatoms. The van der Waals surface area contributed by atoms with Crippen LogP contribution < -0.4 is 5.32 Å². The number of rotatable bonds is 5. The molecule has 0 radical (unpaired) electrons. The second-order valence-electron chi connectivity index (χ2n) is 6.35. The SMILES string of the molecule is O=C(CN1CCN(Cc2ccc(Cl)cc2)CC1)Nc1ccc(Br)cc1Cl. The van der Waals surface area contributed by atoms with E-state index < -0.39 is 0 Å². The van der Waals surface area contributed by atoms with E-state index in [0.717, 1.165) is 42.2 Å². The first kappa shape index (κ1) is 19.6. The van der Waals surface area contributed by atoms with Crippen LogP contribution in [-0.4, -0.2) is 48.4 Å². The van der Waals surface area contributed by atoms with Crippen LogP contribution in [0.5, 0.6) is 0 Å². The molecule has 1 saturated heterocycles. The van der Waals surface area contributed by atoms with Gasteiger partial charge >= 0.3 is 0 Å². The highest BCUT2D eigenvalue weighted by molar-refractivity contribution is 9.10. The zero-order valence-corrected chi connectivity index (χ0v) is 17.3. The van der Waals surface area contributed by atoms with E-state index in [4.69, 9.17) is 23.2 Å². The molecule has 26 heavy (non-hydrogen) atoms. The van der Waals surface area contributed by atoms with Crippen LogP contribution in [0.4, 0.5) is 5.69 Å². The normalized spacial score (nSPS) is 15.8. The van der Waals surface area contributed by atoms with Crippen molar-refractivity contribution in [2.24, 2.45) is 0 Å². The summed E-state index contributed by atoms with van der Waals surface area (Å²) in [5.74, 6) is -0.0413. The largest absolute Gasteiger partial charge is 0.324 e. The van der Waals surface area contributed by atoms with Crippen LogP contribution in [-0.2, 0) is 11.3 Å². The van der Waals surface area contributed by atoms with Crippen molar-refractivity contribution < 1.29 is 4.79 Å². The lowest BCUT2D eigenvalue weighted by Gasteiger charge is -2.34. The van der Waals surface area contributed by atoms with Gasteiger partial charge in [0.1, 0.15) is 0 Å². The highest BCUT2D eigenvalue weighted by Crippen LogP contribution is 2.25. The standard InChI is InChI=1S/C19H20BrCl2N3O/c20-15-3-6-18(17(22)11-15)23-19(26)13-25-9-7-24(8-10-25)12-14-1-4-16(21)5-2-14/h1-6,11H,7-10,12-13H2,(H,23,26). The maximum atomic E-state index is 12.3. The quantitative estimate of drug-likeness (QED) is 0.718. The molecule has 0 atom stereocenters. The summed E-state index contributed by atoms with van der Waals surface area (Å²) < 4.78 is 0.886. The summed E-state index contributed by atoms with van der Waals surface area (Å²) in [5, 5.41) is 4.17. The molecular weight excluding hydrogens is 437 g/mol. The molecule has 3 rings (SSSR count). The Labute approximate surface area is 172 Å². The van der Waals surface area contributed by atoms with Gasteiger partial charge in [0.25, 0.3) is 0 Å². The fraction of sp³-hybridized carbons (Fsp3) is 0.316. The van der Waals surface area contributed by atoms with Crippen molar-refractivity contribution >= 4 is 50.7 Å². The molecule has 1 fully saturated rings. The van der Waals surface area contributed by atoms with Gasteiger partial charge in [0.15, 0.2) is 0 Å². The molecule has 1 heterocycles. The van der Waals surface area contributed by atoms with Gasteiger partial charge in [0, 0.05) is 42.2 Å². The second-order valence-corrected chi connectivity index (χ2v) is 8.11. The molecule has 1 amide bonds. The average molecular weight is 457 g/mol. The fourth-order valence-electron chi connectivity index (χ4n) is 2.94. The van der Waals surface area contributed by atoms with Gasteiger partial charge in [-0.15, -0.1) is 0 Å². The molecule has 1 aliphatic heterocycles. The molecule has 1 N–H and O–H groups in total. The number of benzene rings is 2. The maximum Gasteiger partial charge on any atom is 0.238 e.